The van der Waals surface area contributed by atoms with Crippen molar-refractivity contribution in [1.29, 1.82) is 0 Å². The lowest BCUT2D eigenvalue weighted by atomic mass is 10.0. The molecule has 1 amide bonds. The quantitative estimate of drug-likeness (QED) is 0.787. The van der Waals surface area contributed by atoms with Crippen molar-refractivity contribution >= 4 is 23.1 Å². The summed E-state index contributed by atoms with van der Waals surface area (Å²) in [6.07, 6.45) is -3.69. The summed E-state index contributed by atoms with van der Waals surface area (Å²) in [4.78, 5) is 15.1. The second kappa shape index (κ2) is 6.51. The molecule has 1 aliphatic heterocycles. The van der Waals surface area contributed by atoms with Gasteiger partial charge in [0.15, 0.2) is 0 Å². The Morgan fingerprint density at radius 3 is 2.21 bits per heavy atom. The lowest BCUT2D eigenvalue weighted by Gasteiger charge is -2.36. The molecule has 1 fully saturated rings. The predicted molar refractivity (Wildman–Crippen MR) is 69.6 cm³/mol. The number of rotatable bonds is 4. The van der Waals surface area contributed by atoms with E-state index in [9.17, 15) is 18.0 Å². The molecular formula is C11H18F3N3OS. The zero-order valence-electron chi connectivity index (χ0n) is 10.7. The van der Waals surface area contributed by atoms with Crippen LogP contribution in [-0.4, -0.2) is 59.6 Å². The molecule has 1 heterocycles. The van der Waals surface area contributed by atoms with Crippen molar-refractivity contribution in [1.82, 2.24) is 9.80 Å². The number of hydrogen-bond acceptors (Lipinski definition) is 3. The topological polar surface area (TPSA) is 49.6 Å². The number of nitrogens with zero attached hydrogens (tertiary/aromatic N) is 2. The number of halogens is 3. The second-order valence-electron chi connectivity index (χ2n) is 4.58. The summed E-state index contributed by atoms with van der Waals surface area (Å²) in [5.74, 6) is -0.689. The van der Waals surface area contributed by atoms with Gasteiger partial charge in [0.05, 0.1) is 17.5 Å². The van der Waals surface area contributed by atoms with E-state index in [1.54, 1.807) is 4.90 Å². The van der Waals surface area contributed by atoms with Crippen molar-refractivity contribution in [3.05, 3.63) is 0 Å². The maximum absolute atomic E-state index is 12.2. The van der Waals surface area contributed by atoms with E-state index in [1.165, 1.54) is 4.90 Å². The maximum Gasteiger partial charge on any atom is 0.401 e. The number of carbonyl (C=O) groups excluding carboxylic acids is 1. The highest BCUT2D eigenvalue weighted by atomic mass is 32.1. The molecule has 110 valence electrons. The second-order valence-corrected chi connectivity index (χ2v) is 5.05. The number of amides is 1. The molecule has 19 heavy (non-hydrogen) atoms. The minimum atomic E-state index is -4.20. The van der Waals surface area contributed by atoms with Gasteiger partial charge in [-0.2, -0.15) is 13.2 Å². The number of alkyl halides is 3. The van der Waals surface area contributed by atoms with Crippen molar-refractivity contribution in [2.24, 2.45) is 11.7 Å². The van der Waals surface area contributed by atoms with Crippen LogP contribution in [0.4, 0.5) is 13.2 Å². The van der Waals surface area contributed by atoms with Crippen molar-refractivity contribution in [2.45, 2.75) is 19.5 Å². The average Bonchev–Trinajstić information content (AvgIpc) is 2.28. The molecule has 1 unspecified atom stereocenters. The molecule has 0 aromatic rings. The van der Waals surface area contributed by atoms with E-state index in [0.717, 1.165) is 0 Å². The highest BCUT2D eigenvalue weighted by Gasteiger charge is 2.34. The minimum absolute atomic E-state index is 0.144. The summed E-state index contributed by atoms with van der Waals surface area (Å²) in [7, 11) is 0. The van der Waals surface area contributed by atoms with E-state index in [0.29, 0.717) is 6.42 Å². The van der Waals surface area contributed by atoms with Gasteiger partial charge in [-0.1, -0.05) is 19.1 Å². The Morgan fingerprint density at radius 1 is 1.32 bits per heavy atom. The third-order valence-electron chi connectivity index (χ3n) is 3.14. The van der Waals surface area contributed by atoms with Gasteiger partial charge in [0.2, 0.25) is 5.91 Å². The van der Waals surface area contributed by atoms with E-state index in [1.807, 2.05) is 6.92 Å². The highest BCUT2D eigenvalue weighted by Crippen LogP contribution is 2.18. The first-order valence-electron chi connectivity index (χ1n) is 6.11. The van der Waals surface area contributed by atoms with Crippen LogP contribution in [0.25, 0.3) is 0 Å². The van der Waals surface area contributed by atoms with Gasteiger partial charge >= 0.3 is 6.18 Å². The summed E-state index contributed by atoms with van der Waals surface area (Å²) in [5.41, 5.74) is 5.49. The molecule has 0 spiro atoms. The van der Waals surface area contributed by atoms with E-state index in [2.05, 4.69) is 0 Å². The molecule has 2 N–H and O–H groups in total. The van der Waals surface area contributed by atoms with Gasteiger partial charge < -0.3 is 10.6 Å². The fraction of sp³-hybridized carbons (Fsp3) is 0.818. The van der Waals surface area contributed by atoms with Crippen molar-refractivity contribution < 1.29 is 18.0 Å². The van der Waals surface area contributed by atoms with Crippen molar-refractivity contribution in [2.75, 3.05) is 32.7 Å². The van der Waals surface area contributed by atoms with Gasteiger partial charge in [0.25, 0.3) is 0 Å². The summed E-state index contributed by atoms with van der Waals surface area (Å²) >= 11 is 4.83. The Labute approximate surface area is 115 Å². The molecule has 1 saturated heterocycles. The molecule has 0 radical (unpaired) electrons. The van der Waals surface area contributed by atoms with Gasteiger partial charge in [-0.15, -0.1) is 0 Å². The Kier molecular flexibility index (Phi) is 5.54. The lowest BCUT2D eigenvalue weighted by molar-refractivity contribution is -0.152. The van der Waals surface area contributed by atoms with Gasteiger partial charge in [0, 0.05) is 26.2 Å². The third kappa shape index (κ3) is 4.94. The number of piperazine rings is 1. The summed E-state index contributed by atoms with van der Waals surface area (Å²) in [6, 6.07) is 0. The number of hydrogen-bond donors (Lipinski definition) is 1. The molecule has 4 nitrogen and oxygen atoms in total. The largest absolute Gasteiger partial charge is 0.401 e. The third-order valence-corrected chi connectivity index (χ3v) is 3.42. The van der Waals surface area contributed by atoms with Crippen molar-refractivity contribution in [3.63, 3.8) is 0 Å². The van der Waals surface area contributed by atoms with Crippen LogP contribution >= 0.6 is 12.2 Å². The zero-order chi connectivity index (χ0) is 14.6. The van der Waals surface area contributed by atoms with Gasteiger partial charge in [0.1, 0.15) is 0 Å². The molecule has 0 aromatic carbocycles. The number of nitrogens with two attached hydrogens (primary N) is 1. The summed E-state index contributed by atoms with van der Waals surface area (Å²) < 4.78 is 36.7. The van der Waals surface area contributed by atoms with E-state index in [-0.39, 0.29) is 37.1 Å². The Hall–Kier alpha value is -0.890. The first kappa shape index (κ1) is 16.2. The van der Waals surface area contributed by atoms with E-state index >= 15 is 0 Å². The van der Waals surface area contributed by atoms with Gasteiger partial charge in [-0.25, -0.2) is 0 Å². The first-order chi connectivity index (χ1) is 8.74. The molecule has 0 saturated carbocycles. The molecule has 0 aromatic heterocycles. The number of carbonyl (C=O) groups is 1. The van der Waals surface area contributed by atoms with Crippen LogP contribution in [0.2, 0.25) is 0 Å². The monoisotopic (exact) mass is 297 g/mol. The zero-order valence-corrected chi connectivity index (χ0v) is 11.6. The van der Waals surface area contributed by atoms with E-state index in [4.69, 9.17) is 18.0 Å². The van der Waals surface area contributed by atoms with Crippen LogP contribution in [0.5, 0.6) is 0 Å². The standard InChI is InChI=1S/C11H18F3N3OS/c1-2-8(9(15)19)10(18)17-5-3-16(4-6-17)7-11(12,13)14/h8H,2-7H2,1H3,(H2,15,19). The average molecular weight is 297 g/mol. The van der Waals surface area contributed by atoms with E-state index < -0.39 is 18.6 Å². The smallest absolute Gasteiger partial charge is 0.393 e. The van der Waals surface area contributed by atoms with Crippen LogP contribution in [0, 0.1) is 5.92 Å². The molecule has 1 atom stereocenters. The molecule has 1 aliphatic rings. The fourth-order valence-electron chi connectivity index (χ4n) is 2.10. The maximum atomic E-state index is 12.2. The van der Waals surface area contributed by atoms with Crippen molar-refractivity contribution in [3.8, 4) is 0 Å². The predicted octanol–water partition coefficient (Wildman–Crippen LogP) is 1.01. The van der Waals surface area contributed by atoms with Crippen LogP contribution in [0.3, 0.4) is 0 Å². The lowest BCUT2D eigenvalue weighted by Crippen LogP contribution is -2.53. The van der Waals surface area contributed by atoms with Crippen LogP contribution in [-0.2, 0) is 4.79 Å². The van der Waals surface area contributed by atoms with Crippen LogP contribution in [0.1, 0.15) is 13.3 Å². The van der Waals surface area contributed by atoms with Crippen LogP contribution < -0.4 is 5.73 Å². The van der Waals surface area contributed by atoms with Gasteiger partial charge in [-0.05, 0) is 6.42 Å². The number of thiocarbonyl (C=S) groups is 1. The SMILES string of the molecule is CCC(C(=O)N1CCN(CC(F)(F)F)CC1)C(N)=S. The highest BCUT2D eigenvalue weighted by molar-refractivity contribution is 7.80. The minimum Gasteiger partial charge on any atom is -0.393 e. The molecule has 0 aliphatic carbocycles. The summed E-state index contributed by atoms with van der Waals surface area (Å²) in [6.45, 7) is 1.89. The fourth-order valence-corrected chi connectivity index (χ4v) is 2.37. The molecule has 1 rings (SSSR count). The Bertz CT molecular complexity index is 341. The Balaban J connectivity index is 2.49. The molecule has 8 heteroatoms. The summed E-state index contributed by atoms with van der Waals surface area (Å²) in [5, 5.41) is 0. The normalized spacial score (nSPS) is 19.3. The van der Waals surface area contributed by atoms with Crippen LogP contribution in [0.15, 0.2) is 0 Å². The van der Waals surface area contributed by atoms with Gasteiger partial charge in [-0.3, -0.25) is 9.69 Å². The Morgan fingerprint density at radius 2 is 1.84 bits per heavy atom. The molecule has 0 bridgehead atoms. The first-order valence-corrected chi connectivity index (χ1v) is 6.52. The molecular weight excluding hydrogens is 279 g/mol.